The van der Waals surface area contributed by atoms with Gasteiger partial charge in [-0.15, -0.1) is 12.3 Å². The SMILES string of the molecule is C#CCCOB(CC(CC)CNC(=O)CCCCCCCCCCCCCCCCC)N(C(C)C)C(C)C.CCC.CCCCCCCCCCCCCCCCCC(C)=O. The molecule has 0 fully saturated rings. The number of hydrogen-bond donors (Lipinski definition) is 1. The number of carbonyl (C=O) groups is 2. The lowest BCUT2D eigenvalue weighted by molar-refractivity contribution is -0.121. The zero-order valence-electron chi connectivity index (χ0n) is 43.4. The third-order valence-electron chi connectivity index (χ3n) is 11.9. The summed E-state index contributed by atoms with van der Waals surface area (Å²) in [6.45, 7) is 22.9. The van der Waals surface area contributed by atoms with Crippen molar-refractivity contribution >= 4 is 18.7 Å². The minimum atomic E-state index is 0.0285. The van der Waals surface area contributed by atoms with Crippen molar-refractivity contribution in [2.45, 2.75) is 312 Å². The average Bonchev–Trinajstić information content (AvgIpc) is 3.22. The summed E-state index contributed by atoms with van der Waals surface area (Å²) in [4.78, 5) is 25.7. The van der Waals surface area contributed by atoms with E-state index in [4.69, 9.17) is 11.1 Å². The monoisotopic (exact) mass is 859 g/mol. The third-order valence-corrected chi connectivity index (χ3v) is 11.9. The Bertz CT molecular complexity index is 911. The Balaban J connectivity index is -0.00000122. The number of Topliss-reactive ketones (excluding diaryl/α,β-unsaturated/α-hetero) is 1. The summed E-state index contributed by atoms with van der Waals surface area (Å²) in [5.74, 6) is 3.63. The summed E-state index contributed by atoms with van der Waals surface area (Å²) in [6, 6.07) is 0.783. The molecule has 0 aromatic carbocycles. The summed E-state index contributed by atoms with van der Waals surface area (Å²) in [5.41, 5.74) is 0. The Morgan fingerprint density at radius 1 is 0.557 bits per heavy atom. The second-order valence-corrected chi connectivity index (χ2v) is 19.0. The number of unbranched alkanes of at least 4 members (excludes halogenated alkanes) is 28. The average molecular weight is 859 g/mol. The third kappa shape index (κ3) is 51.2. The van der Waals surface area contributed by atoms with Gasteiger partial charge in [-0.2, -0.15) is 0 Å². The molecule has 5 nitrogen and oxygen atoms in total. The van der Waals surface area contributed by atoms with Gasteiger partial charge in [0.1, 0.15) is 5.78 Å². The minimum Gasteiger partial charge on any atom is -0.420 e. The molecule has 1 N–H and O–H groups in total. The molecule has 362 valence electrons. The van der Waals surface area contributed by atoms with Gasteiger partial charge in [0, 0.05) is 32.4 Å². The molecule has 0 radical (unpaired) electrons. The zero-order chi connectivity index (χ0) is 46.0. The van der Waals surface area contributed by atoms with Crippen LogP contribution in [-0.4, -0.2) is 48.8 Å². The van der Waals surface area contributed by atoms with Crippen molar-refractivity contribution in [3.63, 3.8) is 0 Å². The molecule has 0 saturated heterocycles. The van der Waals surface area contributed by atoms with E-state index in [-0.39, 0.29) is 13.0 Å². The van der Waals surface area contributed by atoms with Crippen LogP contribution in [0, 0.1) is 18.3 Å². The van der Waals surface area contributed by atoms with E-state index in [1.165, 1.54) is 186 Å². The van der Waals surface area contributed by atoms with Gasteiger partial charge in [0.25, 0.3) is 0 Å². The van der Waals surface area contributed by atoms with E-state index in [1.807, 2.05) is 0 Å². The van der Waals surface area contributed by atoms with Gasteiger partial charge in [-0.1, -0.05) is 255 Å². The van der Waals surface area contributed by atoms with Crippen LogP contribution in [-0.2, 0) is 14.2 Å². The Labute approximate surface area is 385 Å². The molecule has 0 bridgehead atoms. The first-order valence-electron chi connectivity index (χ1n) is 27.1. The molecule has 0 aromatic heterocycles. The molecular weight excluding hydrogens is 747 g/mol. The highest BCUT2D eigenvalue weighted by Gasteiger charge is 2.32. The van der Waals surface area contributed by atoms with Crippen LogP contribution in [0.2, 0.25) is 6.32 Å². The predicted molar refractivity (Wildman–Crippen MR) is 275 cm³/mol. The molecule has 0 aliphatic carbocycles. The molecule has 0 heterocycles. The van der Waals surface area contributed by atoms with Crippen molar-refractivity contribution < 1.29 is 14.2 Å². The molecule has 0 aromatic rings. The highest BCUT2D eigenvalue weighted by Crippen LogP contribution is 2.20. The number of carbonyl (C=O) groups excluding carboxylic acids is 2. The highest BCUT2D eigenvalue weighted by atomic mass is 16.4. The first-order valence-corrected chi connectivity index (χ1v) is 27.1. The highest BCUT2D eigenvalue weighted by molar-refractivity contribution is 6.49. The molecule has 1 atom stereocenters. The van der Waals surface area contributed by atoms with E-state index in [2.05, 4.69) is 78.4 Å². The van der Waals surface area contributed by atoms with Crippen LogP contribution in [0.5, 0.6) is 0 Å². The molecule has 61 heavy (non-hydrogen) atoms. The number of terminal acetylenes is 1. The fourth-order valence-electron chi connectivity index (χ4n) is 8.22. The number of rotatable bonds is 43. The second kappa shape index (κ2) is 53.0. The molecule has 0 aliphatic rings. The van der Waals surface area contributed by atoms with Crippen LogP contribution in [0.1, 0.15) is 294 Å². The van der Waals surface area contributed by atoms with Gasteiger partial charge >= 0.3 is 7.05 Å². The minimum absolute atomic E-state index is 0.0285. The lowest BCUT2D eigenvalue weighted by Crippen LogP contribution is -2.51. The predicted octanol–water partition coefficient (Wildman–Crippen LogP) is 17.3. The van der Waals surface area contributed by atoms with Crippen LogP contribution in [0.4, 0.5) is 0 Å². The Hall–Kier alpha value is -1.32. The number of amides is 1. The van der Waals surface area contributed by atoms with Gasteiger partial charge in [-0.3, -0.25) is 4.79 Å². The Kier molecular flexibility index (Phi) is 55.6. The van der Waals surface area contributed by atoms with Gasteiger partial charge in [0.05, 0.1) is 0 Å². The van der Waals surface area contributed by atoms with E-state index in [0.29, 0.717) is 43.2 Å². The summed E-state index contributed by atoms with van der Waals surface area (Å²) >= 11 is 0. The van der Waals surface area contributed by atoms with Crippen LogP contribution >= 0.6 is 0 Å². The molecule has 6 heteroatoms. The fraction of sp³-hybridized carbons (Fsp3) is 0.927. The van der Waals surface area contributed by atoms with Gasteiger partial charge in [-0.25, -0.2) is 0 Å². The number of hydrogen-bond acceptors (Lipinski definition) is 4. The van der Waals surface area contributed by atoms with Crippen LogP contribution in [0.3, 0.4) is 0 Å². The largest absolute Gasteiger partial charge is 0.420 e. The fourth-order valence-corrected chi connectivity index (χ4v) is 8.22. The summed E-state index contributed by atoms with van der Waals surface area (Å²) in [6.07, 6.45) is 51.7. The second-order valence-electron chi connectivity index (χ2n) is 19.0. The molecule has 0 rings (SSSR count). The maximum Gasteiger partial charge on any atom is 0.383 e. The van der Waals surface area contributed by atoms with Crippen molar-refractivity contribution in [3.05, 3.63) is 0 Å². The van der Waals surface area contributed by atoms with Crippen molar-refractivity contribution in [2.24, 2.45) is 5.92 Å². The zero-order valence-corrected chi connectivity index (χ0v) is 43.4. The normalized spacial score (nSPS) is 11.5. The topological polar surface area (TPSA) is 58.6 Å². The van der Waals surface area contributed by atoms with E-state index in [9.17, 15) is 9.59 Å². The van der Waals surface area contributed by atoms with Gasteiger partial charge in [0.2, 0.25) is 5.91 Å². The lowest BCUT2D eigenvalue weighted by Gasteiger charge is -2.37. The standard InChI is InChI=1S/C33H65BN2O2.C19H38O.C3H8/c1-8-11-13-14-15-16-17-18-19-20-21-22-23-24-25-26-33(37)35-29-32(10-3)28-34(38-27-12-9-2)36(30(4)5)31(6)7;1-3-4-5-6-7-8-9-10-11-12-13-14-15-16-17-18-19(2)20;1-3-2/h2,30-32H,8,10-29H2,1,3-7H3,(H,35,37);3-18H2,1-2H3;3H2,1-2H3. The molecule has 0 spiro atoms. The first kappa shape index (κ1) is 64.0. The van der Waals surface area contributed by atoms with Gasteiger partial charge < -0.3 is 19.6 Å². The lowest BCUT2D eigenvalue weighted by atomic mass is 9.67. The summed E-state index contributed by atoms with van der Waals surface area (Å²) in [7, 11) is 0.0285. The Morgan fingerprint density at radius 3 is 1.18 bits per heavy atom. The van der Waals surface area contributed by atoms with Crippen LogP contribution in [0.15, 0.2) is 0 Å². The van der Waals surface area contributed by atoms with Crippen molar-refractivity contribution in [3.8, 4) is 12.3 Å². The number of nitrogens with zero attached hydrogens (tertiary/aromatic N) is 1. The van der Waals surface area contributed by atoms with Crippen molar-refractivity contribution in [2.75, 3.05) is 13.2 Å². The van der Waals surface area contributed by atoms with E-state index < -0.39 is 0 Å². The molecular formula is C55H111BN2O3. The van der Waals surface area contributed by atoms with E-state index in [1.54, 1.807) is 6.92 Å². The maximum absolute atomic E-state index is 12.5. The quantitative estimate of drug-likeness (QED) is 0.0377. The molecule has 0 aliphatic heterocycles. The molecule has 0 saturated carbocycles. The maximum atomic E-state index is 12.5. The van der Waals surface area contributed by atoms with Crippen LogP contribution in [0.25, 0.3) is 0 Å². The first-order chi connectivity index (χ1) is 29.6. The van der Waals surface area contributed by atoms with E-state index >= 15 is 0 Å². The van der Waals surface area contributed by atoms with E-state index in [0.717, 1.165) is 38.5 Å². The van der Waals surface area contributed by atoms with Gasteiger partial charge in [-0.05, 0) is 44.1 Å². The van der Waals surface area contributed by atoms with Crippen molar-refractivity contribution in [1.29, 1.82) is 0 Å². The van der Waals surface area contributed by atoms with Crippen LogP contribution < -0.4 is 5.32 Å². The summed E-state index contributed by atoms with van der Waals surface area (Å²) in [5, 5.41) is 3.21. The smallest absolute Gasteiger partial charge is 0.383 e. The summed E-state index contributed by atoms with van der Waals surface area (Å²) < 4.78 is 6.24. The van der Waals surface area contributed by atoms with Crippen molar-refractivity contribution in [1.82, 2.24) is 10.1 Å². The molecule has 1 unspecified atom stereocenters. The Morgan fingerprint density at radius 2 is 0.885 bits per heavy atom. The number of nitrogens with one attached hydrogen (secondary N) is 1. The molecule has 1 amide bonds. The van der Waals surface area contributed by atoms with Gasteiger partial charge in [0.15, 0.2) is 0 Å². The number of ketones is 1.